The quantitative estimate of drug-likeness (QED) is 0.421. The maximum Gasteiger partial charge on any atom is 0.417 e. The molecule has 0 aliphatic heterocycles. The molecule has 0 bridgehead atoms. The highest BCUT2D eigenvalue weighted by molar-refractivity contribution is 14.1. The number of rotatable bonds is 2. The van der Waals surface area contributed by atoms with Crippen molar-refractivity contribution in [1.29, 1.82) is 0 Å². The van der Waals surface area contributed by atoms with Gasteiger partial charge in [-0.05, 0) is 34.7 Å². The molecule has 1 nitrogen and oxygen atoms in total. The van der Waals surface area contributed by atoms with E-state index in [2.05, 4.69) is 0 Å². The van der Waals surface area contributed by atoms with E-state index in [1.807, 2.05) is 0 Å². The zero-order valence-corrected chi connectivity index (χ0v) is 11.2. The van der Waals surface area contributed by atoms with Gasteiger partial charge in [0.05, 0.1) is 11.4 Å². The number of carbonyl (C=O) groups is 1. The first-order valence-corrected chi connectivity index (χ1v) is 5.92. The van der Waals surface area contributed by atoms with Crippen molar-refractivity contribution < 1.29 is 18.0 Å². The number of benzene rings is 1. The minimum atomic E-state index is -4.62. The molecular weight excluding hydrogens is 379 g/mol. The molecule has 0 radical (unpaired) electrons. The molecule has 0 saturated heterocycles. The van der Waals surface area contributed by atoms with Gasteiger partial charge in [0.15, 0.2) is 5.78 Å². The van der Waals surface area contributed by atoms with Crippen molar-refractivity contribution in [2.75, 3.05) is 5.88 Å². The van der Waals surface area contributed by atoms with Crippen LogP contribution in [-0.2, 0) is 6.18 Å². The summed E-state index contributed by atoms with van der Waals surface area (Å²) < 4.78 is 38.1. The molecule has 0 aliphatic rings. The third kappa shape index (κ3) is 3.01. The fourth-order valence-corrected chi connectivity index (χ4v) is 2.61. The lowest BCUT2D eigenvalue weighted by molar-refractivity contribution is -0.137. The van der Waals surface area contributed by atoms with Crippen LogP contribution in [0.3, 0.4) is 0 Å². The van der Waals surface area contributed by atoms with Crippen LogP contribution in [-0.4, -0.2) is 11.7 Å². The molecule has 0 N–H and O–H groups in total. The van der Waals surface area contributed by atoms with Crippen molar-refractivity contribution in [3.8, 4) is 0 Å². The van der Waals surface area contributed by atoms with Crippen molar-refractivity contribution in [3.63, 3.8) is 0 Å². The minimum absolute atomic E-state index is 0.0668. The predicted octanol–water partition coefficient (Wildman–Crippen LogP) is 4.38. The first-order chi connectivity index (χ1) is 7.27. The molecule has 1 aromatic rings. The van der Waals surface area contributed by atoms with E-state index >= 15 is 0 Å². The van der Waals surface area contributed by atoms with Gasteiger partial charge in [0.25, 0.3) is 0 Å². The average Bonchev–Trinajstić information content (AvgIpc) is 2.14. The van der Waals surface area contributed by atoms with Crippen molar-refractivity contribution >= 4 is 51.6 Å². The van der Waals surface area contributed by atoms with Gasteiger partial charge in [-0.2, -0.15) is 13.2 Å². The Hall–Kier alpha value is -0.0100. The van der Waals surface area contributed by atoms with Gasteiger partial charge in [-0.15, -0.1) is 11.6 Å². The Bertz CT molecular complexity index is 431. The van der Waals surface area contributed by atoms with E-state index in [9.17, 15) is 18.0 Å². The van der Waals surface area contributed by atoms with Crippen LogP contribution >= 0.6 is 45.8 Å². The number of carbonyl (C=O) groups excluding carboxylic acids is 1. The SMILES string of the molecule is O=C(CCl)c1c(I)cc(Cl)cc1C(F)(F)F. The Morgan fingerprint density at radius 1 is 1.38 bits per heavy atom. The van der Waals surface area contributed by atoms with Crippen LogP contribution in [0.5, 0.6) is 0 Å². The van der Waals surface area contributed by atoms with E-state index in [0.717, 1.165) is 6.07 Å². The maximum absolute atomic E-state index is 12.6. The van der Waals surface area contributed by atoms with Crippen LogP contribution in [0, 0.1) is 3.57 Å². The lowest BCUT2D eigenvalue weighted by Crippen LogP contribution is -2.15. The second-order valence-corrected chi connectivity index (χ2v) is 4.73. The lowest BCUT2D eigenvalue weighted by Gasteiger charge is -2.13. The normalized spacial score (nSPS) is 11.6. The molecule has 0 fully saturated rings. The molecule has 0 saturated carbocycles. The molecule has 7 heteroatoms. The zero-order chi connectivity index (χ0) is 12.5. The smallest absolute Gasteiger partial charge is 0.293 e. The Balaban J connectivity index is 3.51. The molecular formula is C9H4Cl2F3IO. The summed E-state index contributed by atoms with van der Waals surface area (Å²) in [4.78, 5) is 11.3. The van der Waals surface area contributed by atoms with Crippen LogP contribution in [0.15, 0.2) is 12.1 Å². The number of hydrogen-bond donors (Lipinski definition) is 0. The molecule has 1 aromatic carbocycles. The highest BCUT2D eigenvalue weighted by Gasteiger charge is 2.36. The Morgan fingerprint density at radius 2 is 1.94 bits per heavy atom. The molecule has 0 unspecified atom stereocenters. The summed E-state index contributed by atoms with van der Waals surface area (Å²) in [5.74, 6) is -1.27. The van der Waals surface area contributed by atoms with E-state index < -0.39 is 29.0 Å². The van der Waals surface area contributed by atoms with E-state index in [1.165, 1.54) is 6.07 Å². The van der Waals surface area contributed by atoms with E-state index in [4.69, 9.17) is 23.2 Å². The number of ketones is 1. The summed E-state index contributed by atoms with van der Waals surface area (Å²) in [6, 6.07) is 2.01. The van der Waals surface area contributed by atoms with Gasteiger partial charge in [0.2, 0.25) is 0 Å². The molecule has 0 aliphatic carbocycles. The second-order valence-electron chi connectivity index (χ2n) is 2.86. The van der Waals surface area contributed by atoms with Crippen LogP contribution in [0.1, 0.15) is 15.9 Å². The third-order valence-electron chi connectivity index (χ3n) is 1.76. The van der Waals surface area contributed by atoms with Gasteiger partial charge in [0.1, 0.15) is 0 Å². The largest absolute Gasteiger partial charge is 0.417 e. The van der Waals surface area contributed by atoms with Crippen LogP contribution < -0.4 is 0 Å². The number of Topliss-reactive ketones (excluding diaryl/α,β-unsaturated/α-hetero) is 1. The fourth-order valence-electron chi connectivity index (χ4n) is 1.15. The van der Waals surface area contributed by atoms with Crippen LogP contribution in [0.2, 0.25) is 5.02 Å². The second kappa shape index (κ2) is 5.10. The van der Waals surface area contributed by atoms with Gasteiger partial charge in [-0.25, -0.2) is 0 Å². The molecule has 88 valence electrons. The monoisotopic (exact) mass is 382 g/mol. The van der Waals surface area contributed by atoms with E-state index in [1.54, 1.807) is 22.6 Å². The van der Waals surface area contributed by atoms with Crippen LogP contribution in [0.4, 0.5) is 13.2 Å². The van der Waals surface area contributed by atoms with E-state index in [0.29, 0.717) is 0 Å². The van der Waals surface area contributed by atoms with Gasteiger partial charge in [0, 0.05) is 14.2 Å². The van der Waals surface area contributed by atoms with Crippen molar-refractivity contribution in [2.45, 2.75) is 6.18 Å². The Morgan fingerprint density at radius 3 is 2.38 bits per heavy atom. The highest BCUT2D eigenvalue weighted by Crippen LogP contribution is 2.36. The first kappa shape index (κ1) is 14.1. The highest BCUT2D eigenvalue weighted by atomic mass is 127. The molecule has 0 amide bonds. The first-order valence-electron chi connectivity index (χ1n) is 3.92. The minimum Gasteiger partial charge on any atom is -0.293 e. The zero-order valence-electron chi connectivity index (χ0n) is 7.54. The topological polar surface area (TPSA) is 17.1 Å². The number of alkyl halides is 4. The molecule has 0 heterocycles. The fraction of sp³-hybridized carbons (Fsp3) is 0.222. The van der Waals surface area contributed by atoms with Crippen LogP contribution in [0.25, 0.3) is 0 Å². The molecule has 16 heavy (non-hydrogen) atoms. The van der Waals surface area contributed by atoms with Gasteiger partial charge < -0.3 is 0 Å². The standard InChI is InChI=1S/C9H4Cl2F3IO/c10-3-7(16)8-5(9(12,13)14)1-4(11)2-6(8)15/h1-2H,3H2. The summed E-state index contributed by atoms with van der Waals surface area (Å²) in [5.41, 5.74) is -1.47. The van der Waals surface area contributed by atoms with Crippen molar-refractivity contribution in [2.24, 2.45) is 0 Å². The predicted molar refractivity (Wildman–Crippen MR) is 64.2 cm³/mol. The summed E-state index contributed by atoms with van der Waals surface area (Å²) in [7, 11) is 0. The van der Waals surface area contributed by atoms with Crippen molar-refractivity contribution in [1.82, 2.24) is 0 Å². The number of hydrogen-bond acceptors (Lipinski definition) is 1. The summed E-state index contributed by atoms with van der Waals surface area (Å²) in [6.07, 6.45) is -4.62. The maximum atomic E-state index is 12.6. The average molecular weight is 383 g/mol. The van der Waals surface area contributed by atoms with Gasteiger partial charge in [-0.3, -0.25) is 4.79 Å². The lowest BCUT2D eigenvalue weighted by atomic mass is 10.0. The molecule has 0 spiro atoms. The molecule has 0 atom stereocenters. The third-order valence-corrected chi connectivity index (χ3v) is 3.07. The Labute approximate surface area is 113 Å². The van der Waals surface area contributed by atoms with Crippen molar-refractivity contribution in [3.05, 3.63) is 31.9 Å². The molecule has 1 rings (SSSR count). The summed E-state index contributed by atoms with van der Waals surface area (Å²) in [5, 5.41) is -0.0668. The van der Waals surface area contributed by atoms with Gasteiger partial charge in [-0.1, -0.05) is 11.6 Å². The molecule has 0 aromatic heterocycles. The number of halogens is 6. The Kier molecular flexibility index (Phi) is 4.48. The van der Waals surface area contributed by atoms with Gasteiger partial charge >= 0.3 is 6.18 Å². The summed E-state index contributed by atoms with van der Waals surface area (Å²) >= 11 is 12.4. The van der Waals surface area contributed by atoms with E-state index in [-0.39, 0.29) is 8.59 Å². The summed E-state index contributed by atoms with van der Waals surface area (Å²) in [6.45, 7) is 0.